The first-order valence-corrected chi connectivity index (χ1v) is 8.88. The number of esters is 1. The number of nitrogens with one attached hydrogen (secondary N) is 1. The minimum absolute atomic E-state index is 0.0742. The molecule has 0 saturated heterocycles. The van der Waals surface area contributed by atoms with Crippen LogP contribution in [0.1, 0.15) is 48.7 Å². The second-order valence-corrected chi connectivity index (χ2v) is 6.51. The lowest BCUT2D eigenvalue weighted by Gasteiger charge is -2.40. The zero-order valence-electron chi connectivity index (χ0n) is 15.4. The Labute approximate surface area is 154 Å². The Hall–Kier alpha value is -2.82. The number of ether oxygens (including phenoxy) is 1. The van der Waals surface area contributed by atoms with E-state index in [4.69, 9.17) is 4.74 Å². The van der Waals surface area contributed by atoms with E-state index in [1.54, 1.807) is 19.1 Å². The zero-order valence-corrected chi connectivity index (χ0v) is 15.4. The first kappa shape index (κ1) is 18.0. The third-order valence-electron chi connectivity index (χ3n) is 4.90. The number of anilines is 2. The fraction of sp³-hybridized carbons (Fsp3) is 0.333. The fourth-order valence-electron chi connectivity index (χ4n) is 3.64. The normalized spacial score (nSPS) is 18.8. The van der Waals surface area contributed by atoms with E-state index in [1.807, 2.05) is 35.2 Å². The molecule has 1 N–H and O–H groups in total. The lowest BCUT2D eigenvalue weighted by atomic mass is 9.89. The average Bonchev–Trinajstić information content (AvgIpc) is 2.67. The van der Waals surface area contributed by atoms with Gasteiger partial charge in [-0.3, -0.25) is 4.79 Å². The van der Waals surface area contributed by atoms with Crippen LogP contribution < -0.4 is 10.2 Å². The van der Waals surface area contributed by atoms with E-state index < -0.39 is 0 Å². The molecule has 0 bridgehead atoms. The molecule has 26 heavy (non-hydrogen) atoms. The predicted octanol–water partition coefficient (Wildman–Crippen LogP) is 4.16. The van der Waals surface area contributed by atoms with Gasteiger partial charge in [0.2, 0.25) is 5.91 Å². The minimum atomic E-state index is -0.345. The predicted molar refractivity (Wildman–Crippen MR) is 102 cm³/mol. The summed E-state index contributed by atoms with van der Waals surface area (Å²) in [6, 6.07) is 15.6. The van der Waals surface area contributed by atoms with Crippen LogP contribution in [0.2, 0.25) is 0 Å². The van der Waals surface area contributed by atoms with Crippen LogP contribution in [0.4, 0.5) is 11.4 Å². The summed E-state index contributed by atoms with van der Waals surface area (Å²) < 4.78 is 4.74. The Morgan fingerprint density at radius 3 is 2.46 bits per heavy atom. The highest BCUT2D eigenvalue weighted by atomic mass is 16.5. The summed E-state index contributed by atoms with van der Waals surface area (Å²) in [6.07, 6.45) is 1.74. The molecule has 1 aliphatic rings. The molecule has 0 aliphatic carbocycles. The second-order valence-electron chi connectivity index (χ2n) is 6.51. The van der Waals surface area contributed by atoms with Gasteiger partial charge in [0.1, 0.15) is 0 Å². The largest absolute Gasteiger partial charge is 0.465 e. The molecular weight excluding hydrogens is 328 g/mol. The van der Waals surface area contributed by atoms with E-state index in [0.717, 1.165) is 29.8 Å². The lowest BCUT2D eigenvalue weighted by Crippen LogP contribution is -2.44. The van der Waals surface area contributed by atoms with Gasteiger partial charge in [-0.2, -0.15) is 0 Å². The zero-order chi connectivity index (χ0) is 18.7. The van der Waals surface area contributed by atoms with Gasteiger partial charge in [-0.05, 0) is 48.7 Å². The number of nitrogens with zero attached hydrogens (tertiary/aromatic N) is 1. The van der Waals surface area contributed by atoms with Gasteiger partial charge in [-0.1, -0.05) is 25.1 Å². The number of fused-ring (bicyclic) bond motifs is 1. The third kappa shape index (κ3) is 3.43. The van der Waals surface area contributed by atoms with Crippen molar-refractivity contribution in [2.75, 3.05) is 17.3 Å². The number of carbonyl (C=O) groups excluding carboxylic acids is 2. The number of hydrogen-bond donors (Lipinski definition) is 1. The molecule has 0 radical (unpaired) electrons. The van der Waals surface area contributed by atoms with Crippen LogP contribution in [-0.2, 0) is 9.53 Å². The highest BCUT2D eigenvalue weighted by Gasteiger charge is 2.33. The number of para-hydroxylation sites is 1. The maximum absolute atomic E-state index is 12.2. The van der Waals surface area contributed by atoms with Crippen LogP contribution >= 0.6 is 0 Å². The first-order chi connectivity index (χ1) is 12.5. The minimum Gasteiger partial charge on any atom is -0.465 e. The standard InChI is InChI=1S/C21H24N2O3/c1-4-17-13-19(18-7-5-6-8-20(18)23(17)14(2)24)22-16-11-9-15(10-12-16)21(25)26-3/h5-12,17,19,22H,4,13H2,1-3H3/t17-,19+/m0/s1. The summed E-state index contributed by atoms with van der Waals surface area (Å²) in [5.74, 6) is -0.270. The lowest BCUT2D eigenvalue weighted by molar-refractivity contribution is -0.117. The van der Waals surface area contributed by atoms with Crippen molar-refractivity contribution in [3.8, 4) is 0 Å². The second kappa shape index (κ2) is 7.60. The Kier molecular flexibility index (Phi) is 5.26. The first-order valence-electron chi connectivity index (χ1n) is 8.88. The van der Waals surface area contributed by atoms with Gasteiger partial charge in [-0.15, -0.1) is 0 Å². The summed E-state index contributed by atoms with van der Waals surface area (Å²) in [6.45, 7) is 3.73. The monoisotopic (exact) mass is 352 g/mol. The van der Waals surface area contributed by atoms with E-state index in [9.17, 15) is 9.59 Å². The van der Waals surface area contributed by atoms with Gasteiger partial charge in [0.25, 0.3) is 0 Å². The topological polar surface area (TPSA) is 58.6 Å². The van der Waals surface area contributed by atoms with Crippen LogP contribution in [0.5, 0.6) is 0 Å². The van der Waals surface area contributed by atoms with Gasteiger partial charge in [0, 0.05) is 24.3 Å². The van der Waals surface area contributed by atoms with Crippen molar-refractivity contribution in [1.82, 2.24) is 0 Å². The summed E-state index contributed by atoms with van der Waals surface area (Å²) in [5.41, 5.74) is 3.55. The Morgan fingerprint density at radius 1 is 1.15 bits per heavy atom. The smallest absolute Gasteiger partial charge is 0.337 e. The molecule has 5 nitrogen and oxygen atoms in total. The fourth-order valence-corrected chi connectivity index (χ4v) is 3.64. The van der Waals surface area contributed by atoms with E-state index >= 15 is 0 Å². The highest BCUT2D eigenvalue weighted by molar-refractivity contribution is 5.94. The van der Waals surface area contributed by atoms with Crippen LogP contribution in [0, 0.1) is 0 Å². The van der Waals surface area contributed by atoms with Crippen molar-refractivity contribution in [2.45, 2.75) is 38.8 Å². The van der Waals surface area contributed by atoms with Crippen LogP contribution in [0.3, 0.4) is 0 Å². The number of hydrogen-bond acceptors (Lipinski definition) is 4. The molecule has 0 aromatic heterocycles. The molecule has 0 spiro atoms. The Balaban J connectivity index is 1.89. The van der Waals surface area contributed by atoms with Crippen LogP contribution in [0.15, 0.2) is 48.5 Å². The third-order valence-corrected chi connectivity index (χ3v) is 4.90. The number of rotatable bonds is 4. The van der Waals surface area contributed by atoms with Crippen molar-refractivity contribution >= 4 is 23.3 Å². The molecule has 136 valence electrons. The quantitative estimate of drug-likeness (QED) is 0.840. The number of amides is 1. The molecule has 0 saturated carbocycles. The van der Waals surface area contributed by atoms with Gasteiger partial charge in [0.15, 0.2) is 0 Å². The molecule has 0 unspecified atom stereocenters. The molecule has 1 heterocycles. The van der Waals surface area contributed by atoms with E-state index in [-0.39, 0.29) is 24.0 Å². The molecule has 5 heteroatoms. The van der Waals surface area contributed by atoms with Gasteiger partial charge in [0.05, 0.1) is 18.7 Å². The van der Waals surface area contributed by atoms with E-state index in [1.165, 1.54) is 7.11 Å². The van der Waals surface area contributed by atoms with E-state index in [2.05, 4.69) is 18.3 Å². The van der Waals surface area contributed by atoms with Crippen molar-refractivity contribution in [3.05, 3.63) is 59.7 Å². The van der Waals surface area contributed by atoms with Crippen molar-refractivity contribution in [3.63, 3.8) is 0 Å². The maximum Gasteiger partial charge on any atom is 0.337 e. The summed E-state index contributed by atoms with van der Waals surface area (Å²) in [7, 11) is 1.37. The summed E-state index contributed by atoms with van der Waals surface area (Å²) in [4.78, 5) is 25.7. The average molecular weight is 352 g/mol. The van der Waals surface area contributed by atoms with Crippen molar-refractivity contribution < 1.29 is 14.3 Å². The van der Waals surface area contributed by atoms with Crippen LogP contribution in [0.25, 0.3) is 0 Å². The molecule has 2 aromatic rings. The molecule has 2 atom stereocenters. The Bertz CT molecular complexity index is 801. The SMILES string of the molecule is CC[C@H]1C[C@@H](Nc2ccc(C(=O)OC)cc2)c2ccccc2N1C(C)=O. The van der Waals surface area contributed by atoms with Crippen molar-refractivity contribution in [1.29, 1.82) is 0 Å². The number of carbonyl (C=O) groups is 2. The maximum atomic E-state index is 12.2. The summed E-state index contributed by atoms with van der Waals surface area (Å²) in [5, 5.41) is 3.55. The molecular formula is C21H24N2O3. The van der Waals surface area contributed by atoms with Crippen LogP contribution in [-0.4, -0.2) is 25.0 Å². The van der Waals surface area contributed by atoms with Gasteiger partial charge >= 0.3 is 5.97 Å². The Morgan fingerprint density at radius 2 is 1.85 bits per heavy atom. The van der Waals surface area contributed by atoms with E-state index in [0.29, 0.717) is 5.56 Å². The molecule has 3 rings (SSSR count). The highest BCUT2D eigenvalue weighted by Crippen LogP contribution is 2.39. The number of methoxy groups -OCH3 is 1. The number of benzene rings is 2. The van der Waals surface area contributed by atoms with Gasteiger partial charge < -0.3 is 15.0 Å². The van der Waals surface area contributed by atoms with Gasteiger partial charge in [-0.25, -0.2) is 4.79 Å². The molecule has 1 amide bonds. The van der Waals surface area contributed by atoms with Crippen molar-refractivity contribution in [2.24, 2.45) is 0 Å². The molecule has 0 fully saturated rings. The molecule has 2 aromatic carbocycles. The molecule has 1 aliphatic heterocycles. The summed E-state index contributed by atoms with van der Waals surface area (Å²) >= 11 is 0.